The van der Waals surface area contributed by atoms with Crippen LogP contribution in [-0.2, 0) is 0 Å². The van der Waals surface area contributed by atoms with Gasteiger partial charge in [0.1, 0.15) is 5.82 Å². The Morgan fingerprint density at radius 3 is 2.52 bits per heavy atom. The van der Waals surface area contributed by atoms with Gasteiger partial charge in [-0.15, -0.1) is 0 Å². The van der Waals surface area contributed by atoms with Crippen LogP contribution < -0.4 is 4.90 Å². The second-order valence-corrected chi connectivity index (χ2v) is 7.70. The van der Waals surface area contributed by atoms with Crippen molar-refractivity contribution in [2.24, 2.45) is 5.92 Å². The summed E-state index contributed by atoms with van der Waals surface area (Å²) in [5.41, 5.74) is 1.26. The lowest BCUT2D eigenvalue weighted by atomic mass is 9.93. The van der Waals surface area contributed by atoms with Crippen LogP contribution in [0, 0.1) is 5.92 Å². The van der Waals surface area contributed by atoms with Crippen LogP contribution in [0.5, 0.6) is 0 Å². The highest BCUT2D eigenvalue weighted by molar-refractivity contribution is 5.66. The molecule has 2 aliphatic rings. The minimum atomic E-state index is -0.774. The van der Waals surface area contributed by atoms with Gasteiger partial charge in [-0.1, -0.05) is 36.4 Å². The van der Waals surface area contributed by atoms with Gasteiger partial charge in [-0.25, -0.2) is 9.78 Å². The summed E-state index contributed by atoms with van der Waals surface area (Å²) in [6.07, 6.45) is 5.19. The van der Waals surface area contributed by atoms with E-state index in [2.05, 4.69) is 28.1 Å². The first-order chi connectivity index (χ1) is 13.2. The van der Waals surface area contributed by atoms with Gasteiger partial charge in [0.25, 0.3) is 0 Å². The number of hydrogen-bond acceptors (Lipinski definition) is 3. The Kier molecular flexibility index (Phi) is 5.28. The van der Waals surface area contributed by atoms with Crippen LogP contribution in [0.15, 0.2) is 54.7 Å². The number of aromatic nitrogens is 1. The molecular formula is C22H27N3O2. The Morgan fingerprint density at radius 2 is 1.85 bits per heavy atom. The third-order valence-corrected chi connectivity index (χ3v) is 6.00. The van der Waals surface area contributed by atoms with Crippen molar-refractivity contribution in [1.29, 1.82) is 0 Å². The summed E-state index contributed by atoms with van der Waals surface area (Å²) in [4.78, 5) is 20.2. The molecule has 2 heterocycles. The van der Waals surface area contributed by atoms with Gasteiger partial charge in [0.15, 0.2) is 0 Å². The van der Waals surface area contributed by atoms with E-state index in [-0.39, 0.29) is 6.04 Å². The maximum atomic E-state index is 11.8. The summed E-state index contributed by atoms with van der Waals surface area (Å²) >= 11 is 0. The molecule has 2 aromatic rings. The molecule has 2 unspecified atom stereocenters. The van der Waals surface area contributed by atoms with Crippen molar-refractivity contribution in [3.63, 3.8) is 0 Å². The van der Waals surface area contributed by atoms with Gasteiger partial charge in [0, 0.05) is 37.8 Å². The molecule has 1 N–H and O–H groups in total. The number of hydrogen-bond donors (Lipinski definition) is 1. The number of pyridine rings is 1. The molecule has 2 fully saturated rings. The summed E-state index contributed by atoms with van der Waals surface area (Å²) in [5, 5.41) is 9.68. The highest BCUT2D eigenvalue weighted by atomic mass is 16.4. The summed E-state index contributed by atoms with van der Waals surface area (Å²) in [6, 6.07) is 16.5. The molecule has 0 radical (unpaired) electrons. The second-order valence-electron chi connectivity index (χ2n) is 7.70. The Bertz CT molecular complexity index is 745. The first kappa shape index (κ1) is 17.8. The van der Waals surface area contributed by atoms with Crippen LogP contribution in [0.1, 0.15) is 37.2 Å². The van der Waals surface area contributed by atoms with Crippen LogP contribution >= 0.6 is 0 Å². The van der Waals surface area contributed by atoms with E-state index in [9.17, 15) is 9.90 Å². The van der Waals surface area contributed by atoms with Crippen molar-refractivity contribution in [2.75, 3.05) is 24.5 Å². The zero-order valence-corrected chi connectivity index (χ0v) is 15.6. The number of anilines is 1. The first-order valence-electron chi connectivity index (χ1n) is 9.93. The summed E-state index contributed by atoms with van der Waals surface area (Å²) in [7, 11) is 0. The topological polar surface area (TPSA) is 56.7 Å². The Morgan fingerprint density at radius 1 is 1.11 bits per heavy atom. The molecule has 5 heteroatoms. The Balaban J connectivity index is 1.27. The zero-order chi connectivity index (χ0) is 18.6. The lowest BCUT2D eigenvalue weighted by Gasteiger charge is -2.33. The molecule has 142 valence electrons. The van der Waals surface area contributed by atoms with Crippen molar-refractivity contribution in [3.8, 4) is 0 Å². The normalized spacial score (nSPS) is 22.4. The number of rotatable bonds is 6. The van der Waals surface area contributed by atoms with Gasteiger partial charge in [-0.05, 0) is 49.3 Å². The first-order valence-corrected chi connectivity index (χ1v) is 9.93. The Labute approximate surface area is 160 Å². The highest BCUT2D eigenvalue weighted by Gasteiger charge is 2.44. The second kappa shape index (κ2) is 7.99. The van der Waals surface area contributed by atoms with Crippen LogP contribution in [0.2, 0.25) is 0 Å². The van der Waals surface area contributed by atoms with E-state index in [4.69, 9.17) is 0 Å². The number of carbonyl (C=O) groups is 1. The maximum Gasteiger partial charge on any atom is 0.407 e. The molecule has 0 spiro atoms. The van der Waals surface area contributed by atoms with Crippen molar-refractivity contribution >= 4 is 11.9 Å². The van der Waals surface area contributed by atoms with Gasteiger partial charge in [-0.3, -0.25) is 0 Å². The fourth-order valence-corrected chi connectivity index (χ4v) is 4.30. The van der Waals surface area contributed by atoms with Crippen molar-refractivity contribution in [1.82, 2.24) is 9.88 Å². The van der Waals surface area contributed by atoms with E-state index >= 15 is 0 Å². The molecule has 1 aromatic heterocycles. The number of nitrogens with zero attached hydrogens (tertiary/aromatic N) is 3. The number of carboxylic acid groups (broad SMARTS) is 1. The maximum absolute atomic E-state index is 11.8. The van der Waals surface area contributed by atoms with Gasteiger partial charge in [-0.2, -0.15) is 0 Å². The average Bonchev–Trinajstić information content (AvgIpc) is 3.50. The van der Waals surface area contributed by atoms with E-state index in [1.54, 1.807) is 4.90 Å². The predicted octanol–water partition coefficient (Wildman–Crippen LogP) is 4.22. The molecule has 1 aromatic carbocycles. The lowest BCUT2D eigenvalue weighted by Crippen LogP contribution is -2.37. The highest BCUT2D eigenvalue weighted by Crippen LogP contribution is 2.45. The molecule has 1 saturated carbocycles. The van der Waals surface area contributed by atoms with E-state index in [0.29, 0.717) is 18.4 Å². The molecule has 0 bridgehead atoms. The van der Waals surface area contributed by atoms with Crippen molar-refractivity contribution in [2.45, 2.75) is 37.6 Å². The molecular weight excluding hydrogens is 338 g/mol. The molecule has 1 saturated heterocycles. The zero-order valence-electron chi connectivity index (χ0n) is 15.6. The van der Waals surface area contributed by atoms with E-state index in [1.807, 2.05) is 36.5 Å². The number of piperidine rings is 1. The Hall–Kier alpha value is -2.56. The van der Waals surface area contributed by atoms with Gasteiger partial charge in [0.2, 0.25) is 0 Å². The lowest BCUT2D eigenvalue weighted by molar-refractivity contribution is 0.136. The standard InChI is InChI=1S/C22H27N3O2/c26-22(27)25(20-16-19(20)18-6-2-1-3-7-18)15-11-17-9-13-24(14-10-17)21-8-4-5-12-23-21/h1-8,12,17,19-20H,9-11,13-16H2,(H,26,27). The van der Waals surface area contributed by atoms with Crippen LogP contribution in [0.25, 0.3) is 0 Å². The summed E-state index contributed by atoms with van der Waals surface area (Å²) in [5.74, 6) is 2.01. The van der Waals surface area contributed by atoms with Crippen molar-refractivity contribution < 1.29 is 9.90 Å². The minimum absolute atomic E-state index is 0.151. The molecule has 4 rings (SSSR count). The summed E-state index contributed by atoms with van der Waals surface area (Å²) in [6.45, 7) is 2.66. The molecule has 2 atom stereocenters. The van der Waals surface area contributed by atoms with E-state index in [0.717, 1.165) is 44.6 Å². The van der Waals surface area contributed by atoms with Gasteiger partial charge >= 0.3 is 6.09 Å². The summed E-state index contributed by atoms with van der Waals surface area (Å²) < 4.78 is 0. The van der Waals surface area contributed by atoms with Gasteiger partial charge < -0.3 is 14.9 Å². The predicted molar refractivity (Wildman–Crippen MR) is 106 cm³/mol. The third kappa shape index (κ3) is 4.24. The minimum Gasteiger partial charge on any atom is -0.465 e. The molecule has 1 aliphatic carbocycles. The molecule has 5 nitrogen and oxygen atoms in total. The molecule has 1 amide bonds. The fourth-order valence-electron chi connectivity index (χ4n) is 4.30. The van der Waals surface area contributed by atoms with Crippen molar-refractivity contribution in [3.05, 3.63) is 60.3 Å². The van der Waals surface area contributed by atoms with Gasteiger partial charge in [0.05, 0.1) is 0 Å². The van der Waals surface area contributed by atoms with Crippen LogP contribution in [0.3, 0.4) is 0 Å². The third-order valence-electron chi connectivity index (χ3n) is 6.00. The van der Waals surface area contributed by atoms with E-state index < -0.39 is 6.09 Å². The fraction of sp³-hybridized carbons (Fsp3) is 0.455. The van der Waals surface area contributed by atoms with E-state index in [1.165, 1.54) is 5.56 Å². The number of amides is 1. The average molecular weight is 365 g/mol. The monoisotopic (exact) mass is 365 g/mol. The molecule has 27 heavy (non-hydrogen) atoms. The largest absolute Gasteiger partial charge is 0.465 e. The number of benzene rings is 1. The van der Waals surface area contributed by atoms with Crippen LogP contribution in [0.4, 0.5) is 10.6 Å². The SMILES string of the molecule is O=C(O)N(CCC1CCN(c2ccccn2)CC1)C1CC1c1ccccc1. The van der Waals surface area contributed by atoms with Crippen LogP contribution in [-0.4, -0.2) is 46.8 Å². The smallest absolute Gasteiger partial charge is 0.407 e. The quantitative estimate of drug-likeness (QED) is 0.832. The molecule has 1 aliphatic heterocycles.